The predicted molar refractivity (Wildman–Crippen MR) is 87.8 cm³/mol. The molecule has 0 spiro atoms. The number of hydrogen-bond donors (Lipinski definition) is 0. The Hall–Kier alpha value is -2.35. The van der Waals surface area contributed by atoms with Gasteiger partial charge in [-0.2, -0.15) is 4.99 Å². The number of amides is 4. The van der Waals surface area contributed by atoms with E-state index in [0.29, 0.717) is 37.2 Å². The fourth-order valence-electron chi connectivity index (χ4n) is 3.24. The standard InChI is InChI=1S/C16H15N3O4S/c20-14(10-3-7-23-9-10)18-5-1-11(2-6-18)19-15(21)13-12(4-8-24-13)17-16(19)22/h3-4,7-9,11,13H,1-2,5-6H2. The van der Waals surface area contributed by atoms with Gasteiger partial charge in [-0.3, -0.25) is 14.5 Å². The minimum absolute atomic E-state index is 0.0886. The number of imide groups is 1. The van der Waals surface area contributed by atoms with Gasteiger partial charge in [-0.05, 0) is 30.4 Å². The Labute approximate surface area is 142 Å². The molecule has 4 heterocycles. The average Bonchev–Trinajstić information content (AvgIpc) is 3.26. The molecule has 4 amide bonds. The van der Waals surface area contributed by atoms with Crippen molar-refractivity contribution in [1.82, 2.24) is 9.80 Å². The molecule has 0 N–H and O–H groups in total. The van der Waals surface area contributed by atoms with Crippen molar-refractivity contribution in [1.29, 1.82) is 0 Å². The number of fused-ring (bicyclic) bond motifs is 1. The highest BCUT2D eigenvalue weighted by molar-refractivity contribution is 8.04. The van der Waals surface area contributed by atoms with Gasteiger partial charge in [0.15, 0.2) is 0 Å². The van der Waals surface area contributed by atoms with E-state index in [0.717, 1.165) is 0 Å². The molecule has 8 heteroatoms. The molecule has 24 heavy (non-hydrogen) atoms. The summed E-state index contributed by atoms with van der Waals surface area (Å²) >= 11 is 1.38. The Kier molecular flexibility index (Phi) is 3.76. The molecular weight excluding hydrogens is 330 g/mol. The first-order chi connectivity index (χ1) is 11.6. The molecule has 7 nitrogen and oxygen atoms in total. The van der Waals surface area contributed by atoms with Crippen LogP contribution in [0.5, 0.6) is 0 Å². The van der Waals surface area contributed by atoms with Crippen molar-refractivity contribution in [2.45, 2.75) is 24.1 Å². The quantitative estimate of drug-likeness (QED) is 0.818. The van der Waals surface area contributed by atoms with Gasteiger partial charge in [0.1, 0.15) is 11.5 Å². The number of aliphatic imine (C=N–C) groups is 1. The molecule has 1 saturated heterocycles. The van der Waals surface area contributed by atoms with Crippen LogP contribution in [0, 0.1) is 0 Å². The average molecular weight is 345 g/mol. The number of carbonyl (C=O) groups excluding carboxylic acids is 3. The Balaban J connectivity index is 1.44. The van der Waals surface area contributed by atoms with Crippen LogP contribution in [0.25, 0.3) is 0 Å². The summed E-state index contributed by atoms with van der Waals surface area (Å²) < 4.78 is 4.94. The van der Waals surface area contributed by atoms with Crippen molar-refractivity contribution in [3.63, 3.8) is 0 Å². The molecule has 1 aromatic rings. The number of rotatable bonds is 2. The van der Waals surface area contributed by atoms with Crippen LogP contribution in [-0.2, 0) is 4.79 Å². The summed E-state index contributed by atoms with van der Waals surface area (Å²) in [5, 5.41) is 1.40. The third-order valence-corrected chi connectivity index (χ3v) is 5.51. The zero-order valence-electron chi connectivity index (χ0n) is 12.8. The third kappa shape index (κ3) is 2.47. The van der Waals surface area contributed by atoms with Gasteiger partial charge in [-0.25, -0.2) is 4.79 Å². The van der Waals surface area contributed by atoms with E-state index in [1.807, 2.05) is 0 Å². The van der Waals surface area contributed by atoms with Crippen LogP contribution in [0.2, 0.25) is 0 Å². The van der Waals surface area contributed by atoms with E-state index in [9.17, 15) is 14.4 Å². The van der Waals surface area contributed by atoms with Gasteiger partial charge in [-0.1, -0.05) is 0 Å². The molecule has 1 atom stereocenters. The van der Waals surface area contributed by atoms with E-state index in [1.165, 1.54) is 29.2 Å². The monoisotopic (exact) mass is 345 g/mol. The van der Waals surface area contributed by atoms with Crippen molar-refractivity contribution in [3.8, 4) is 0 Å². The minimum atomic E-state index is -0.488. The van der Waals surface area contributed by atoms with Crippen LogP contribution in [0.15, 0.2) is 39.5 Å². The van der Waals surface area contributed by atoms with E-state index in [1.54, 1.807) is 22.5 Å². The summed E-state index contributed by atoms with van der Waals surface area (Å²) in [6.45, 7) is 0.997. The number of furan rings is 1. The Morgan fingerprint density at radius 1 is 1.29 bits per heavy atom. The van der Waals surface area contributed by atoms with Crippen molar-refractivity contribution < 1.29 is 18.8 Å². The molecule has 0 aliphatic carbocycles. The summed E-state index contributed by atoms with van der Waals surface area (Å²) in [5.74, 6) is -0.283. The van der Waals surface area contributed by atoms with Crippen LogP contribution < -0.4 is 0 Å². The van der Waals surface area contributed by atoms with Crippen molar-refractivity contribution in [3.05, 3.63) is 35.6 Å². The Morgan fingerprint density at radius 3 is 2.79 bits per heavy atom. The molecule has 124 valence electrons. The van der Waals surface area contributed by atoms with E-state index in [4.69, 9.17) is 4.42 Å². The van der Waals surface area contributed by atoms with Gasteiger partial charge in [0.2, 0.25) is 0 Å². The smallest absolute Gasteiger partial charge is 0.350 e. The molecule has 0 saturated carbocycles. The molecule has 0 aromatic carbocycles. The van der Waals surface area contributed by atoms with Crippen molar-refractivity contribution in [2.75, 3.05) is 13.1 Å². The molecular formula is C16H15N3O4S. The first-order valence-electron chi connectivity index (χ1n) is 7.74. The number of urea groups is 1. The van der Waals surface area contributed by atoms with Crippen LogP contribution >= 0.6 is 11.8 Å². The highest BCUT2D eigenvalue weighted by Crippen LogP contribution is 2.30. The molecule has 0 bridgehead atoms. The van der Waals surface area contributed by atoms with Crippen molar-refractivity contribution >= 4 is 35.3 Å². The number of thioether (sulfide) groups is 1. The summed E-state index contributed by atoms with van der Waals surface area (Å²) in [5.41, 5.74) is 1.06. The number of hydrogen-bond acceptors (Lipinski definition) is 5. The zero-order chi connectivity index (χ0) is 16.7. The maximum atomic E-state index is 12.6. The second kappa shape index (κ2) is 5.94. The lowest BCUT2D eigenvalue weighted by Crippen LogP contribution is -2.55. The molecule has 0 radical (unpaired) electrons. The fraction of sp³-hybridized carbons (Fsp3) is 0.375. The molecule has 1 unspecified atom stereocenters. The Bertz CT molecular complexity index is 747. The van der Waals surface area contributed by atoms with E-state index in [2.05, 4.69) is 4.99 Å². The molecule has 4 rings (SSSR count). The maximum absolute atomic E-state index is 12.6. The third-order valence-electron chi connectivity index (χ3n) is 4.50. The summed E-state index contributed by atoms with van der Waals surface area (Å²) in [6.07, 6.45) is 5.74. The SMILES string of the molecule is O=C(c1ccoc1)N1CCC(N2C(=O)N=C3C=CSC3C2=O)CC1. The summed E-state index contributed by atoms with van der Waals surface area (Å²) in [7, 11) is 0. The normalized spacial score (nSPS) is 24.3. The lowest BCUT2D eigenvalue weighted by atomic mass is 10.0. The number of nitrogens with zero attached hydrogens (tertiary/aromatic N) is 3. The maximum Gasteiger partial charge on any atom is 0.350 e. The molecule has 3 aliphatic heterocycles. The van der Waals surface area contributed by atoms with Gasteiger partial charge in [0.05, 0.1) is 17.5 Å². The number of allylic oxidation sites excluding steroid dienone is 1. The second-order valence-electron chi connectivity index (χ2n) is 5.88. The number of carbonyl (C=O) groups is 3. The lowest BCUT2D eigenvalue weighted by molar-refractivity contribution is -0.129. The van der Waals surface area contributed by atoms with E-state index >= 15 is 0 Å². The zero-order valence-corrected chi connectivity index (χ0v) is 13.6. The number of piperidine rings is 1. The molecule has 1 fully saturated rings. The van der Waals surface area contributed by atoms with Gasteiger partial charge >= 0.3 is 6.03 Å². The molecule has 1 aromatic heterocycles. The minimum Gasteiger partial charge on any atom is -0.472 e. The first kappa shape index (κ1) is 15.2. The van der Waals surface area contributed by atoms with Gasteiger partial charge in [0.25, 0.3) is 11.8 Å². The largest absolute Gasteiger partial charge is 0.472 e. The Morgan fingerprint density at radius 2 is 2.08 bits per heavy atom. The molecule has 3 aliphatic rings. The van der Waals surface area contributed by atoms with Gasteiger partial charge in [-0.15, -0.1) is 11.8 Å². The van der Waals surface area contributed by atoms with Crippen molar-refractivity contribution in [2.24, 2.45) is 4.99 Å². The van der Waals surface area contributed by atoms with Crippen LogP contribution in [0.4, 0.5) is 4.79 Å². The second-order valence-corrected chi connectivity index (χ2v) is 6.90. The highest BCUT2D eigenvalue weighted by Gasteiger charge is 2.42. The highest BCUT2D eigenvalue weighted by atomic mass is 32.2. The summed E-state index contributed by atoms with van der Waals surface area (Å²) in [4.78, 5) is 44.2. The van der Waals surface area contributed by atoms with E-state index < -0.39 is 11.3 Å². The lowest BCUT2D eigenvalue weighted by Gasteiger charge is -2.38. The van der Waals surface area contributed by atoms with Crippen LogP contribution in [-0.4, -0.2) is 57.7 Å². The van der Waals surface area contributed by atoms with E-state index in [-0.39, 0.29) is 17.9 Å². The topological polar surface area (TPSA) is 83.2 Å². The van der Waals surface area contributed by atoms with Gasteiger partial charge < -0.3 is 9.32 Å². The number of likely N-dealkylation sites (tertiary alicyclic amines) is 1. The first-order valence-corrected chi connectivity index (χ1v) is 8.68. The predicted octanol–water partition coefficient (Wildman–Crippen LogP) is 1.92. The van der Waals surface area contributed by atoms with Gasteiger partial charge in [0, 0.05) is 19.1 Å². The summed E-state index contributed by atoms with van der Waals surface area (Å²) in [6, 6.07) is 0.940. The van der Waals surface area contributed by atoms with Crippen LogP contribution in [0.3, 0.4) is 0 Å². The van der Waals surface area contributed by atoms with Crippen LogP contribution in [0.1, 0.15) is 23.2 Å². The fourth-order valence-corrected chi connectivity index (χ4v) is 4.12.